The summed E-state index contributed by atoms with van der Waals surface area (Å²) in [5.41, 5.74) is 2.98. The first-order valence-corrected chi connectivity index (χ1v) is 10.8. The van der Waals surface area contributed by atoms with Crippen LogP contribution in [0.4, 0.5) is 0 Å². The van der Waals surface area contributed by atoms with Crippen molar-refractivity contribution in [3.63, 3.8) is 0 Å². The zero-order chi connectivity index (χ0) is 22.0. The molecule has 0 fully saturated rings. The van der Waals surface area contributed by atoms with Crippen LogP contribution in [0.25, 0.3) is 22.2 Å². The van der Waals surface area contributed by atoms with Gasteiger partial charge in [-0.15, -0.1) is 0 Å². The zero-order valence-corrected chi connectivity index (χ0v) is 17.2. The Morgan fingerprint density at radius 2 is 1.61 bits per heavy atom. The average molecular weight is 438 g/mol. The van der Waals surface area contributed by atoms with Crippen LogP contribution in [0.5, 0.6) is 11.8 Å². The lowest BCUT2D eigenvalue weighted by molar-refractivity contribution is -0.138. The first kappa shape index (κ1) is 20.6. The molecule has 0 bridgehead atoms. The van der Waals surface area contributed by atoms with E-state index in [1.807, 2.05) is 30.3 Å². The smallest absolute Gasteiger partial charge is 0.400 e. The van der Waals surface area contributed by atoms with Crippen molar-refractivity contribution in [3.8, 4) is 23.0 Å². The Kier molecular flexibility index (Phi) is 5.45. The van der Waals surface area contributed by atoms with Crippen molar-refractivity contribution in [2.24, 2.45) is 0 Å². The van der Waals surface area contributed by atoms with Crippen LogP contribution < -0.4 is 9.46 Å². The molecule has 8 nitrogen and oxygen atoms in total. The van der Waals surface area contributed by atoms with Crippen LogP contribution in [0, 0.1) is 0 Å². The number of aliphatic carboxylic acids is 1. The normalized spacial score (nSPS) is 12.5. The molecule has 0 unspecified atom stereocenters. The number of oxazole rings is 1. The minimum Gasteiger partial charge on any atom is -0.480 e. The molecule has 9 heteroatoms. The van der Waals surface area contributed by atoms with Gasteiger partial charge in [-0.3, -0.25) is 4.79 Å². The molecular formula is C22H18N2O6S. The van der Waals surface area contributed by atoms with Gasteiger partial charge in [-0.1, -0.05) is 36.4 Å². The van der Waals surface area contributed by atoms with E-state index < -0.39 is 22.0 Å². The maximum absolute atomic E-state index is 12.3. The predicted molar refractivity (Wildman–Crippen MR) is 113 cm³/mol. The minimum atomic E-state index is -3.92. The monoisotopic (exact) mass is 438 g/mol. The number of nitrogens with one attached hydrogen (secondary N) is 1. The van der Waals surface area contributed by atoms with Gasteiger partial charge in [0.15, 0.2) is 5.58 Å². The maximum Gasteiger partial charge on any atom is 0.400 e. The molecule has 0 saturated heterocycles. The van der Waals surface area contributed by atoms with Crippen LogP contribution in [0.2, 0.25) is 0 Å². The van der Waals surface area contributed by atoms with Crippen molar-refractivity contribution in [1.82, 2.24) is 9.71 Å². The summed E-state index contributed by atoms with van der Waals surface area (Å²) in [7, 11) is -3.92. The molecule has 0 spiro atoms. The van der Waals surface area contributed by atoms with E-state index in [0.717, 1.165) is 11.1 Å². The molecule has 0 aliphatic carbocycles. The number of carbonyl (C=O) groups is 1. The molecule has 0 aliphatic heterocycles. The Hall–Kier alpha value is -3.69. The van der Waals surface area contributed by atoms with Crippen molar-refractivity contribution < 1.29 is 27.5 Å². The second-order valence-electron chi connectivity index (χ2n) is 6.78. The molecule has 31 heavy (non-hydrogen) atoms. The number of nitrogens with zero attached hydrogens (tertiary/aromatic N) is 1. The summed E-state index contributed by atoms with van der Waals surface area (Å²) in [5, 5.41) is 8.89. The van der Waals surface area contributed by atoms with Gasteiger partial charge in [0.2, 0.25) is 10.0 Å². The highest BCUT2D eigenvalue weighted by molar-refractivity contribution is 7.89. The number of sulfonamides is 1. The topological polar surface area (TPSA) is 119 Å². The standard InChI is InChI=1S/C22H18N2O6S/c1-14(21(25)26)24-31(27,28)18-12-8-16(9-13-18)15-6-10-17(11-7-15)29-22-23-19-4-2-3-5-20(19)30-22/h2-14,24H,1H3,(H,25,26)/t14-/m1/s1. The molecule has 4 rings (SSSR count). The summed E-state index contributed by atoms with van der Waals surface area (Å²) in [4.78, 5) is 15.1. The molecule has 0 amide bonds. The fourth-order valence-corrected chi connectivity index (χ4v) is 4.09. The van der Waals surface area contributed by atoms with Gasteiger partial charge in [-0.2, -0.15) is 9.71 Å². The van der Waals surface area contributed by atoms with Crippen LogP contribution in [0.15, 0.2) is 82.1 Å². The highest BCUT2D eigenvalue weighted by atomic mass is 32.2. The first-order valence-electron chi connectivity index (χ1n) is 9.31. The SMILES string of the molecule is C[C@@H](NS(=O)(=O)c1ccc(-c2ccc(Oc3nc4ccccc4o3)cc2)cc1)C(=O)O. The van der Waals surface area contributed by atoms with Crippen LogP contribution in [-0.2, 0) is 14.8 Å². The van der Waals surface area contributed by atoms with Crippen molar-refractivity contribution >= 4 is 27.1 Å². The molecule has 0 radical (unpaired) electrons. The molecule has 0 aliphatic rings. The minimum absolute atomic E-state index is 0.0136. The number of rotatable bonds is 7. The number of hydrogen-bond donors (Lipinski definition) is 2. The summed E-state index contributed by atoms with van der Waals surface area (Å²) in [6, 6.07) is 19.4. The third-order valence-electron chi connectivity index (χ3n) is 4.53. The van der Waals surface area contributed by atoms with E-state index in [1.165, 1.54) is 19.1 Å². The van der Waals surface area contributed by atoms with E-state index in [9.17, 15) is 13.2 Å². The first-order chi connectivity index (χ1) is 14.8. The number of hydrogen-bond acceptors (Lipinski definition) is 6. The Morgan fingerprint density at radius 1 is 1.00 bits per heavy atom. The van der Waals surface area contributed by atoms with Crippen LogP contribution in [-0.4, -0.2) is 30.5 Å². The number of ether oxygens (including phenoxy) is 1. The van der Waals surface area contributed by atoms with Crippen LogP contribution in [0.1, 0.15) is 6.92 Å². The molecule has 158 valence electrons. The molecule has 4 aromatic rings. The van der Waals surface area contributed by atoms with Gasteiger partial charge in [0.05, 0.1) is 4.90 Å². The zero-order valence-electron chi connectivity index (χ0n) is 16.3. The average Bonchev–Trinajstić information content (AvgIpc) is 3.16. The van der Waals surface area contributed by atoms with Gasteiger partial charge in [0, 0.05) is 0 Å². The summed E-state index contributed by atoms with van der Waals surface area (Å²) in [6.45, 7) is 1.26. The number of carboxylic acid groups (broad SMARTS) is 1. The predicted octanol–water partition coefficient (Wildman–Crippen LogP) is 4.04. The van der Waals surface area contributed by atoms with Gasteiger partial charge in [0.1, 0.15) is 17.3 Å². The molecule has 0 saturated carbocycles. The molecule has 1 heterocycles. The second kappa shape index (κ2) is 8.21. The van der Waals surface area contributed by atoms with Gasteiger partial charge in [0.25, 0.3) is 0 Å². The Bertz CT molecular complexity index is 1300. The van der Waals surface area contributed by atoms with Crippen molar-refractivity contribution in [1.29, 1.82) is 0 Å². The van der Waals surface area contributed by atoms with Crippen LogP contribution >= 0.6 is 0 Å². The van der Waals surface area contributed by atoms with Crippen molar-refractivity contribution in [2.75, 3.05) is 0 Å². The van der Waals surface area contributed by atoms with Crippen LogP contribution in [0.3, 0.4) is 0 Å². The summed E-state index contributed by atoms with van der Waals surface area (Å²) < 4.78 is 37.9. The van der Waals surface area contributed by atoms with Gasteiger partial charge in [-0.25, -0.2) is 8.42 Å². The third-order valence-corrected chi connectivity index (χ3v) is 6.09. The largest absolute Gasteiger partial charge is 0.480 e. The molecule has 1 atom stereocenters. The number of benzene rings is 3. The number of aromatic nitrogens is 1. The fourth-order valence-electron chi connectivity index (χ4n) is 2.89. The van der Waals surface area contributed by atoms with Crippen molar-refractivity contribution in [3.05, 3.63) is 72.8 Å². The van der Waals surface area contributed by atoms with Gasteiger partial charge in [-0.05, 0) is 54.4 Å². The molecule has 2 N–H and O–H groups in total. The van der Waals surface area contributed by atoms with Gasteiger partial charge >= 0.3 is 12.0 Å². The highest BCUT2D eigenvalue weighted by Gasteiger charge is 2.21. The van der Waals surface area contributed by atoms with E-state index in [-0.39, 0.29) is 11.0 Å². The molecule has 1 aromatic heterocycles. The quantitative estimate of drug-likeness (QED) is 0.447. The lowest BCUT2D eigenvalue weighted by Crippen LogP contribution is -2.38. The fraction of sp³-hybridized carbons (Fsp3) is 0.0909. The van der Waals surface area contributed by atoms with Crippen molar-refractivity contribution in [2.45, 2.75) is 17.9 Å². The highest BCUT2D eigenvalue weighted by Crippen LogP contribution is 2.28. The Morgan fingerprint density at radius 3 is 2.23 bits per heavy atom. The number of fused-ring (bicyclic) bond motifs is 1. The van der Waals surface area contributed by atoms with E-state index >= 15 is 0 Å². The number of carboxylic acids is 1. The molecule has 3 aromatic carbocycles. The van der Waals surface area contributed by atoms with E-state index in [2.05, 4.69) is 9.71 Å². The second-order valence-corrected chi connectivity index (χ2v) is 8.49. The van der Waals surface area contributed by atoms with E-state index in [1.54, 1.807) is 30.3 Å². The summed E-state index contributed by atoms with van der Waals surface area (Å²) >= 11 is 0. The molecular weight excluding hydrogens is 420 g/mol. The Balaban J connectivity index is 1.48. The van der Waals surface area contributed by atoms with E-state index in [0.29, 0.717) is 16.8 Å². The number of para-hydroxylation sites is 2. The third kappa shape index (κ3) is 4.57. The lowest BCUT2D eigenvalue weighted by atomic mass is 10.1. The van der Waals surface area contributed by atoms with Gasteiger partial charge < -0.3 is 14.3 Å². The van der Waals surface area contributed by atoms with E-state index in [4.69, 9.17) is 14.3 Å². The lowest BCUT2D eigenvalue weighted by Gasteiger charge is -2.11. The maximum atomic E-state index is 12.3. The Labute approximate surface area is 178 Å². The summed E-state index contributed by atoms with van der Waals surface area (Å²) in [6.07, 6.45) is 0.145. The summed E-state index contributed by atoms with van der Waals surface area (Å²) in [5.74, 6) is -0.707.